The van der Waals surface area contributed by atoms with Crippen molar-refractivity contribution < 1.29 is 8.78 Å². The van der Waals surface area contributed by atoms with E-state index in [4.69, 9.17) is 0 Å². The first-order chi connectivity index (χ1) is 10.2. The third kappa shape index (κ3) is 4.26. The highest BCUT2D eigenvalue weighted by molar-refractivity contribution is 5.20. The van der Waals surface area contributed by atoms with E-state index in [1.165, 1.54) is 43.9 Å². The van der Waals surface area contributed by atoms with Crippen LogP contribution in [0.25, 0.3) is 0 Å². The molecule has 1 N–H and O–H groups in total. The van der Waals surface area contributed by atoms with Crippen molar-refractivity contribution in [3.05, 3.63) is 35.4 Å². The molecule has 1 aromatic rings. The van der Waals surface area contributed by atoms with Gasteiger partial charge in [-0.25, -0.2) is 8.78 Å². The number of benzene rings is 1. The summed E-state index contributed by atoms with van der Waals surface area (Å²) >= 11 is 0. The third-order valence-corrected chi connectivity index (χ3v) is 4.94. The first kappa shape index (κ1) is 16.4. The van der Waals surface area contributed by atoms with Gasteiger partial charge in [0.2, 0.25) is 0 Å². The molecule has 1 fully saturated rings. The summed E-state index contributed by atoms with van der Waals surface area (Å²) in [7, 11) is 1.96. The summed E-state index contributed by atoms with van der Waals surface area (Å²) in [5.41, 5.74) is 0.278. The van der Waals surface area contributed by atoms with Gasteiger partial charge in [0.15, 0.2) is 0 Å². The number of hydrogen-bond acceptors (Lipinski definition) is 1. The van der Waals surface area contributed by atoms with Crippen molar-refractivity contribution in [3.8, 4) is 0 Å². The Morgan fingerprint density at radius 3 is 2.48 bits per heavy atom. The smallest absolute Gasteiger partial charge is 0.129 e. The Morgan fingerprint density at radius 2 is 1.86 bits per heavy atom. The monoisotopic (exact) mass is 295 g/mol. The molecular weight excluding hydrogens is 268 g/mol. The molecule has 0 saturated heterocycles. The van der Waals surface area contributed by atoms with Gasteiger partial charge in [-0.15, -0.1) is 0 Å². The molecule has 1 aromatic carbocycles. The van der Waals surface area contributed by atoms with Gasteiger partial charge in [-0.3, -0.25) is 0 Å². The van der Waals surface area contributed by atoms with Crippen LogP contribution >= 0.6 is 0 Å². The summed E-state index contributed by atoms with van der Waals surface area (Å²) < 4.78 is 27.8. The van der Waals surface area contributed by atoms with E-state index in [-0.39, 0.29) is 5.56 Å². The Labute approximate surface area is 127 Å². The Bertz CT molecular complexity index is 427. The van der Waals surface area contributed by atoms with Gasteiger partial charge in [0.25, 0.3) is 0 Å². The molecule has 1 nitrogen and oxygen atoms in total. The van der Waals surface area contributed by atoms with Crippen LogP contribution in [0.5, 0.6) is 0 Å². The minimum Gasteiger partial charge on any atom is -0.319 e. The van der Waals surface area contributed by atoms with Crippen LogP contribution in [-0.4, -0.2) is 13.6 Å². The van der Waals surface area contributed by atoms with E-state index in [0.717, 1.165) is 18.9 Å². The topological polar surface area (TPSA) is 12.0 Å². The molecule has 21 heavy (non-hydrogen) atoms. The first-order valence-corrected chi connectivity index (χ1v) is 8.23. The van der Waals surface area contributed by atoms with Gasteiger partial charge in [-0.1, -0.05) is 32.3 Å². The molecule has 0 radical (unpaired) electrons. The second-order valence-electron chi connectivity index (χ2n) is 6.45. The van der Waals surface area contributed by atoms with E-state index in [1.54, 1.807) is 0 Å². The molecule has 3 unspecified atom stereocenters. The van der Waals surface area contributed by atoms with E-state index < -0.39 is 11.6 Å². The lowest BCUT2D eigenvalue weighted by Crippen LogP contribution is -2.33. The van der Waals surface area contributed by atoms with Gasteiger partial charge in [-0.05, 0) is 62.7 Å². The SMILES string of the molecule is CCCC1CCC(CNC)C(Cc2c(F)cccc2F)C1. The van der Waals surface area contributed by atoms with Crippen LogP contribution in [0.2, 0.25) is 0 Å². The fourth-order valence-corrected chi connectivity index (χ4v) is 3.86. The molecular formula is C18H27F2N. The van der Waals surface area contributed by atoms with E-state index in [9.17, 15) is 8.78 Å². The molecule has 1 aliphatic rings. The highest BCUT2D eigenvalue weighted by Gasteiger charge is 2.31. The molecule has 0 aliphatic heterocycles. The molecule has 0 spiro atoms. The Kier molecular flexibility index (Phi) is 6.16. The van der Waals surface area contributed by atoms with Crippen LogP contribution in [0.3, 0.4) is 0 Å². The summed E-state index contributed by atoms with van der Waals surface area (Å²) in [5.74, 6) is 0.853. The Morgan fingerprint density at radius 1 is 1.14 bits per heavy atom. The summed E-state index contributed by atoms with van der Waals surface area (Å²) in [6.07, 6.45) is 6.51. The van der Waals surface area contributed by atoms with E-state index in [1.807, 2.05) is 7.05 Å². The van der Waals surface area contributed by atoms with Gasteiger partial charge in [-0.2, -0.15) is 0 Å². The second-order valence-corrected chi connectivity index (χ2v) is 6.45. The minimum atomic E-state index is -0.393. The lowest BCUT2D eigenvalue weighted by Gasteiger charge is -2.36. The van der Waals surface area contributed by atoms with E-state index in [2.05, 4.69) is 12.2 Å². The predicted molar refractivity (Wildman–Crippen MR) is 83.2 cm³/mol. The molecule has 1 aliphatic carbocycles. The van der Waals surface area contributed by atoms with Gasteiger partial charge in [0.05, 0.1) is 0 Å². The predicted octanol–water partition coefficient (Wildman–Crippen LogP) is 4.56. The van der Waals surface area contributed by atoms with Crippen molar-refractivity contribution in [2.24, 2.45) is 17.8 Å². The summed E-state index contributed by atoms with van der Waals surface area (Å²) in [6.45, 7) is 3.16. The lowest BCUT2D eigenvalue weighted by molar-refractivity contribution is 0.167. The molecule has 118 valence electrons. The average Bonchev–Trinajstić information content (AvgIpc) is 2.46. The van der Waals surface area contributed by atoms with Crippen molar-refractivity contribution in [2.45, 2.75) is 45.4 Å². The maximum atomic E-state index is 13.9. The molecule has 3 heteroatoms. The minimum absolute atomic E-state index is 0.278. The zero-order valence-electron chi connectivity index (χ0n) is 13.2. The highest BCUT2D eigenvalue weighted by atomic mass is 19.1. The Balaban J connectivity index is 2.12. The lowest BCUT2D eigenvalue weighted by atomic mass is 9.70. The highest BCUT2D eigenvalue weighted by Crippen LogP contribution is 2.38. The maximum absolute atomic E-state index is 13.9. The number of nitrogens with one attached hydrogen (secondary N) is 1. The zero-order valence-corrected chi connectivity index (χ0v) is 13.2. The van der Waals surface area contributed by atoms with Crippen LogP contribution in [0.4, 0.5) is 8.78 Å². The quantitative estimate of drug-likeness (QED) is 0.811. The van der Waals surface area contributed by atoms with Gasteiger partial charge in [0, 0.05) is 5.56 Å². The zero-order chi connectivity index (χ0) is 15.2. The molecule has 3 atom stereocenters. The van der Waals surface area contributed by atoms with Crippen molar-refractivity contribution in [1.29, 1.82) is 0 Å². The van der Waals surface area contributed by atoms with E-state index >= 15 is 0 Å². The van der Waals surface area contributed by atoms with E-state index in [0.29, 0.717) is 18.3 Å². The van der Waals surface area contributed by atoms with Crippen molar-refractivity contribution in [2.75, 3.05) is 13.6 Å². The largest absolute Gasteiger partial charge is 0.319 e. The van der Waals surface area contributed by atoms with Crippen molar-refractivity contribution in [3.63, 3.8) is 0 Å². The molecule has 1 saturated carbocycles. The van der Waals surface area contributed by atoms with Crippen LogP contribution in [0.1, 0.15) is 44.6 Å². The third-order valence-electron chi connectivity index (χ3n) is 4.94. The van der Waals surface area contributed by atoms with Crippen molar-refractivity contribution in [1.82, 2.24) is 5.32 Å². The van der Waals surface area contributed by atoms with Crippen molar-refractivity contribution >= 4 is 0 Å². The number of rotatable bonds is 6. The molecule has 0 heterocycles. The molecule has 0 amide bonds. The normalized spacial score (nSPS) is 26.0. The number of hydrogen-bond donors (Lipinski definition) is 1. The average molecular weight is 295 g/mol. The molecule has 0 aromatic heterocycles. The summed E-state index contributed by atoms with van der Waals surface area (Å²) in [6, 6.07) is 4.19. The first-order valence-electron chi connectivity index (χ1n) is 8.23. The van der Waals surface area contributed by atoms with Crippen LogP contribution < -0.4 is 5.32 Å². The standard InChI is InChI=1S/C18H27F2N/c1-3-5-13-8-9-14(12-21-2)15(10-13)11-16-17(19)6-4-7-18(16)20/h4,6-7,13-15,21H,3,5,8-12H2,1-2H3. The van der Waals surface area contributed by atoms with Gasteiger partial charge in [0.1, 0.15) is 11.6 Å². The molecule has 0 bridgehead atoms. The summed E-state index contributed by atoms with van der Waals surface area (Å²) in [5, 5.41) is 3.24. The Hall–Kier alpha value is -0.960. The fraction of sp³-hybridized carbons (Fsp3) is 0.667. The molecule has 2 rings (SSSR count). The van der Waals surface area contributed by atoms with Gasteiger partial charge < -0.3 is 5.32 Å². The van der Waals surface area contributed by atoms with Crippen LogP contribution in [0.15, 0.2) is 18.2 Å². The maximum Gasteiger partial charge on any atom is 0.129 e. The van der Waals surface area contributed by atoms with Crippen LogP contribution in [-0.2, 0) is 6.42 Å². The fourth-order valence-electron chi connectivity index (χ4n) is 3.86. The van der Waals surface area contributed by atoms with Crippen LogP contribution in [0, 0.1) is 29.4 Å². The van der Waals surface area contributed by atoms with Gasteiger partial charge >= 0.3 is 0 Å². The summed E-state index contributed by atoms with van der Waals surface area (Å²) in [4.78, 5) is 0. The number of halogens is 2. The second kappa shape index (κ2) is 7.88.